The van der Waals surface area contributed by atoms with Gasteiger partial charge in [0.05, 0.1) is 6.54 Å². The van der Waals surface area contributed by atoms with Gasteiger partial charge in [0.25, 0.3) is 0 Å². The predicted molar refractivity (Wildman–Crippen MR) is 70.4 cm³/mol. The molecule has 0 amide bonds. The van der Waals surface area contributed by atoms with E-state index in [0.29, 0.717) is 12.6 Å². The van der Waals surface area contributed by atoms with Crippen molar-refractivity contribution in [2.45, 2.75) is 38.6 Å². The standard InChI is InChI=1S/C15H21NO/c1-3-12-7-9-13(10-8-12)15(17)11-16(2)14-5-4-6-14/h7-10,14H,3-6,11H2,1-2H3. The first-order valence-corrected chi connectivity index (χ1v) is 6.53. The average molecular weight is 231 g/mol. The van der Waals surface area contributed by atoms with Crippen molar-refractivity contribution in [1.82, 2.24) is 4.90 Å². The van der Waals surface area contributed by atoms with Crippen LogP contribution in [0.5, 0.6) is 0 Å². The number of benzene rings is 1. The number of ketones is 1. The van der Waals surface area contributed by atoms with Crippen molar-refractivity contribution in [3.63, 3.8) is 0 Å². The molecule has 1 aromatic rings. The molecule has 1 fully saturated rings. The van der Waals surface area contributed by atoms with Gasteiger partial charge in [-0.25, -0.2) is 0 Å². The molecule has 0 spiro atoms. The highest BCUT2D eigenvalue weighted by Crippen LogP contribution is 2.23. The van der Waals surface area contributed by atoms with Crippen molar-refractivity contribution < 1.29 is 4.79 Å². The molecule has 1 saturated carbocycles. The molecule has 0 unspecified atom stereocenters. The number of nitrogens with zero attached hydrogens (tertiary/aromatic N) is 1. The van der Waals surface area contributed by atoms with Crippen LogP contribution in [0.3, 0.4) is 0 Å². The topological polar surface area (TPSA) is 20.3 Å². The van der Waals surface area contributed by atoms with Crippen LogP contribution in [0.1, 0.15) is 42.1 Å². The van der Waals surface area contributed by atoms with Crippen LogP contribution in [0.4, 0.5) is 0 Å². The smallest absolute Gasteiger partial charge is 0.176 e. The minimum absolute atomic E-state index is 0.238. The molecule has 1 aromatic carbocycles. The second-order valence-electron chi connectivity index (χ2n) is 4.97. The molecule has 0 atom stereocenters. The summed E-state index contributed by atoms with van der Waals surface area (Å²) in [4.78, 5) is 14.3. The van der Waals surface area contributed by atoms with Crippen LogP contribution in [-0.4, -0.2) is 30.3 Å². The summed E-state index contributed by atoms with van der Waals surface area (Å²) < 4.78 is 0. The zero-order valence-corrected chi connectivity index (χ0v) is 10.8. The average Bonchev–Trinajstić information content (AvgIpc) is 2.26. The number of carbonyl (C=O) groups is 1. The van der Waals surface area contributed by atoms with Gasteiger partial charge >= 0.3 is 0 Å². The van der Waals surface area contributed by atoms with Gasteiger partial charge in [0.2, 0.25) is 0 Å². The zero-order chi connectivity index (χ0) is 12.3. The first kappa shape index (κ1) is 12.3. The Hall–Kier alpha value is -1.15. The fraction of sp³-hybridized carbons (Fsp3) is 0.533. The van der Waals surface area contributed by atoms with Gasteiger partial charge in [0.1, 0.15) is 0 Å². The molecule has 0 N–H and O–H groups in total. The Labute approximate surface area is 104 Å². The van der Waals surface area contributed by atoms with E-state index >= 15 is 0 Å². The second kappa shape index (κ2) is 5.46. The molecule has 0 aromatic heterocycles. The Balaban J connectivity index is 1.93. The predicted octanol–water partition coefficient (Wildman–Crippen LogP) is 2.92. The van der Waals surface area contributed by atoms with E-state index in [0.717, 1.165) is 12.0 Å². The lowest BCUT2D eigenvalue weighted by Gasteiger charge is -2.34. The molecule has 0 radical (unpaired) electrons. The van der Waals surface area contributed by atoms with E-state index in [2.05, 4.69) is 31.0 Å². The van der Waals surface area contributed by atoms with Crippen LogP contribution < -0.4 is 0 Å². The van der Waals surface area contributed by atoms with Gasteiger partial charge in [-0.05, 0) is 31.9 Å². The van der Waals surface area contributed by atoms with Crippen molar-refractivity contribution in [1.29, 1.82) is 0 Å². The van der Waals surface area contributed by atoms with Crippen LogP contribution in [0.15, 0.2) is 24.3 Å². The SMILES string of the molecule is CCc1ccc(C(=O)CN(C)C2CCC2)cc1. The lowest BCUT2D eigenvalue weighted by atomic mass is 9.91. The molecule has 1 aliphatic rings. The third-order valence-electron chi connectivity index (χ3n) is 3.78. The number of hydrogen-bond donors (Lipinski definition) is 0. The molecule has 17 heavy (non-hydrogen) atoms. The number of aryl methyl sites for hydroxylation is 1. The van der Waals surface area contributed by atoms with Gasteiger partial charge in [0, 0.05) is 11.6 Å². The van der Waals surface area contributed by atoms with Gasteiger partial charge in [-0.3, -0.25) is 9.69 Å². The van der Waals surface area contributed by atoms with Crippen LogP contribution in [-0.2, 0) is 6.42 Å². The number of likely N-dealkylation sites (N-methyl/N-ethyl adjacent to an activating group) is 1. The minimum Gasteiger partial charge on any atom is -0.296 e. The van der Waals surface area contributed by atoms with Crippen LogP contribution in [0.2, 0.25) is 0 Å². The van der Waals surface area contributed by atoms with E-state index in [4.69, 9.17) is 0 Å². The highest BCUT2D eigenvalue weighted by Gasteiger charge is 2.23. The summed E-state index contributed by atoms with van der Waals surface area (Å²) >= 11 is 0. The van der Waals surface area contributed by atoms with Crippen molar-refractivity contribution in [2.24, 2.45) is 0 Å². The third kappa shape index (κ3) is 2.95. The van der Waals surface area contributed by atoms with Crippen molar-refractivity contribution in [3.8, 4) is 0 Å². The Morgan fingerprint density at radius 1 is 1.29 bits per heavy atom. The summed E-state index contributed by atoms with van der Waals surface area (Å²) in [5.74, 6) is 0.238. The Morgan fingerprint density at radius 3 is 2.41 bits per heavy atom. The summed E-state index contributed by atoms with van der Waals surface area (Å²) in [6.45, 7) is 2.68. The number of rotatable bonds is 5. The Kier molecular flexibility index (Phi) is 3.95. The summed E-state index contributed by atoms with van der Waals surface area (Å²) in [5, 5.41) is 0. The molecule has 0 heterocycles. The van der Waals surface area contributed by atoms with E-state index in [1.807, 2.05) is 12.1 Å². The maximum absolute atomic E-state index is 12.1. The third-order valence-corrected chi connectivity index (χ3v) is 3.78. The summed E-state index contributed by atoms with van der Waals surface area (Å²) in [5.41, 5.74) is 2.13. The largest absolute Gasteiger partial charge is 0.296 e. The van der Waals surface area contributed by atoms with Gasteiger partial charge < -0.3 is 0 Å². The Morgan fingerprint density at radius 2 is 1.94 bits per heavy atom. The van der Waals surface area contributed by atoms with Crippen molar-refractivity contribution >= 4 is 5.78 Å². The number of Topliss-reactive ketones (excluding diaryl/α,β-unsaturated/α-hetero) is 1. The van der Waals surface area contributed by atoms with E-state index in [9.17, 15) is 4.79 Å². The van der Waals surface area contributed by atoms with Gasteiger partial charge in [-0.15, -0.1) is 0 Å². The quantitative estimate of drug-likeness (QED) is 0.726. The molecule has 1 aliphatic carbocycles. The normalized spacial score (nSPS) is 15.9. The van der Waals surface area contributed by atoms with Gasteiger partial charge in [0.15, 0.2) is 5.78 Å². The van der Waals surface area contributed by atoms with E-state index in [1.54, 1.807) is 0 Å². The summed E-state index contributed by atoms with van der Waals surface area (Å²) in [7, 11) is 2.06. The zero-order valence-electron chi connectivity index (χ0n) is 10.8. The van der Waals surface area contributed by atoms with Gasteiger partial charge in [-0.1, -0.05) is 37.6 Å². The lowest BCUT2D eigenvalue weighted by Crippen LogP contribution is -2.40. The van der Waals surface area contributed by atoms with Crippen LogP contribution in [0.25, 0.3) is 0 Å². The van der Waals surface area contributed by atoms with E-state index in [1.165, 1.54) is 24.8 Å². The molecule has 0 aliphatic heterocycles. The first-order valence-electron chi connectivity index (χ1n) is 6.53. The minimum atomic E-state index is 0.238. The molecule has 2 nitrogen and oxygen atoms in total. The van der Waals surface area contributed by atoms with E-state index in [-0.39, 0.29) is 5.78 Å². The molecule has 2 heteroatoms. The van der Waals surface area contributed by atoms with Crippen molar-refractivity contribution in [2.75, 3.05) is 13.6 Å². The molecular formula is C15H21NO. The number of carbonyl (C=O) groups excluding carboxylic acids is 1. The first-order chi connectivity index (χ1) is 8.20. The van der Waals surface area contributed by atoms with Crippen LogP contribution >= 0.6 is 0 Å². The monoisotopic (exact) mass is 231 g/mol. The van der Waals surface area contributed by atoms with Gasteiger partial charge in [-0.2, -0.15) is 0 Å². The molecule has 0 saturated heterocycles. The summed E-state index contributed by atoms with van der Waals surface area (Å²) in [6, 6.07) is 8.65. The fourth-order valence-corrected chi connectivity index (χ4v) is 2.20. The fourth-order valence-electron chi connectivity index (χ4n) is 2.20. The maximum Gasteiger partial charge on any atom is 0.176 e. The highest BCUT2D eigenvalue weighted by molar-refractivity contribution is 5.97. The molecule has 92 valence electrons. The maximum atomic E-state index is 12.1. The highest BCUT2D eigenvalue weighted by atomic mass is 16.1. The van der Waals surface area contributed by atoms with E-state index < -0.39 is 0 Å². The van der Waals surface area contributed by atoms with Crippen molar-refractivity contribution in [3.05, 3.63) is 35.4 Å². The molecular weight excluding hydrogens is 210 g/mol. The Bertz CT molecular complexity index is 378. The van der Waals surface area contributed by atoms with Crippen LogP contribution in [0, 0.1) is 0 Å². The molecule has 2 rings (SSSR count). The number of hydrogen-bond acceptors (Lipinski definition) is 2. The second-order valence-corrected chi connectivity index (χ2v) is 4.97. The molecule has 0 bridgehead atoms. The summed E-state index contributed by atoms with van der Waals surface area (Å²) in [6.07, 6.45) is 4.84. The lowest BCUT2D eigenvalue weighted by molar-refractivity contribution is 0.0870.